The molecular weight excluding hydrogens is 245 g/mol. The van der Waals surface area contributed by atoms with Crippen LogP contribution in [0.25, 0.3) is 0 Å². The van der Waals surface area contributed by atoms with Crippen molar-refractivity contribution in [1.82, 2.24) is 4.31 Å². The van der Waals surface area contributed by atoms with Gasteiger partial charge in [0.15, 0.2) is 15.9 Å². The Kier molecular flexibility index (Phi) is 4.77. The third kappa shape index (κ3) is 3.90. The molecule has 1 N–H and O–H groups in total. The number of carbonyl (C=O) groups is 1. The SMILES string of the molecule is CC(C)N(CC(=O)O)[SH+](=O)c1ccc(F)cc1. The van der Waals surface area contributed by atoms with Crippen molar-refractivity contribution in [3.8, 4) is 0 Å². The third-order valence-corrected chi connectivity index (χ3v) is 3.98. The summed E-state index contributed by atoms with van der Waals surface area (Å²) in [6.07, 6.45) is 0. The molecule has 0 bridgehead atoms. The maximum Gasteiger partial charge on any atom is 0.322 e. The topological polar surface area (TPSA) is 57.6 Å². The number of hydrogen-bond donors (Lipinski definition) is 1. The number of hydrogen-bond acceptors (Lipinski definition) is 2. The van der Waals surface area contributed by atoms with Gasteiger partial charge in [0.25, 0.3) is 0 Å². The zero-order valence-electron chi connectivity index (χ0n) is 9.63. The second kappa shape index (κ2) is 5.88. The largest absolute Gasteiger partial charge is 0.480 e. The smallest absolute Gasteiger partial charge is 0.322 e. The highest BCUT2D eigenvalue weighted by atomic mass is 32.2. The summed E-state index contributed by atoms with van der Waals surface area (Å²) in [7, 11) is -1.99. The molecule has 0 saturated carbocycles. The fraction of sp³-hybridized carbons (Fsp3) is 0.364. The molecule has 1 atom stereocenters. The van der Waals surface area contributed by atoms with Gasteiger partial charge in [0.05, 0.1) is 6.04 Å². The summed E-state index contributed by atoms with van der Waals surface area (Å²) in [6.45, 7) is 3.23. The van der Waals surface area contributed by atoms with Crippen LogP contribution in [0.1, 0.15) is 13.8 Å². The van der Waals surface area contributed by atoms with Gasteiger partial charge in [-0.25, -0.2) is 4.39 Å². The van der Waals surface area contributed by atoms with E-state index in [4.69, 9.17) is 5.11 Å². The van der Waals surface area contributed by atoms with Gasteiger partial charge in [-0.05, 0) is 38.1 Å². The highest BCUT2D eigenvalue weighted by Gasteiger charge is 2.26. The van der Waals surface area contributed by atoms with E-state index in [-0.39, 0.29) is 12.6 Å². The molecule has 0 fully saturated rings. The van der Waals surface area contributed by atoms with Crippen molar-refractivity contribution < 1.29 is 18.5 Å². The summed E-state index contributed by atoms with van der Waals surface area (Å²) >= 11 is 0. The van der Waals surface area contributed by atoms with Gasteiger partial charge < -0.3 is 5.11 Å². The molecule has 1 rings (SSSR count). The lowest BCUT2D eigenvalue weighted by atomic mass is 10.4. The van der Waals surface area contributed by atoms with Crippen LogP contribution in [0.2, 0.25) is 0 Å². The quantitative estimate of drug-likeness (QED) is 0.646. The van der Waals surface area contributed by atoms with Gasteiger partial charge in [-0.2, -0.15) is 0 Å². The predicted octanol–water partition coefficient (Wildman–Crippen LogP) is 1.59. The first-order valence-corrected chi connectivity index (χ1v) is 6.34. The first-order valence-electron chi connectivity index (χ1n) is 5.13. The van der Waals surface area contributed by atoms with E-state index in [9.17, 15) is 13.4 Å². The van der Waals surface area contributed by atoms with Crippen LogP contribution in [0.3, 0.4) is 0 Å². The van der Waals surface area contributed by atoms with Gasteiger partial charge in [-0.15, -0.1) is 4.31 Å². The fourth-order valence-electron chi connectivity index (χ4n) is 1.31. The molecule has 6 heteroatoms. The predicted molar refractivity (Wildman–Crippen MR) is 63.6 cm³/mol. The Balaban J connectivity index is 2.91. The van der Waals surface area contributed by atoms with Crippen molar-refractivity contribution in [2.24, 2.45) is 0 Å². The van der Waals surface area contributed by atoms with E-state index in [0.29, 0.717) is 4.90 Å². The zero-order chi connectivity index (χ0) is 13.0. The van der Waals surface area contributed by atoms with Crippen molar-refractivity contribution in [1.29, 1.82) is 0 Å². The molecule has 0 aliphatic heterocycles. The van der Waals surface area contributed by atoms with Crippen LogP contribution in [0.15, 0.2) is 29.2 Å². The number of carboxylic acid groups (broad SMARTS) is 1. The van der Waals surface area contributed by atoms with Crippen LogP contribution < -0.4 is 0 Å². The lowest BCUT2D eigenvalue weighted by Gasteiger charge is -2.17. The standard InChI is InChI=1S/C11H14FNO3S/c1-8(2)13(7-11(14)15)17(16)10-5-3-9(12)4-6-10/h3-6,8H,7H2,1-2H3,(H,14,15)/p+1. The summed E-state index contributed by atoms with van der Waals surface area (Å²) < 4.78 is 26.2. The molecule has 1 unspecified atom stereocenters. The molecule has 0 aromatic heterocycles. The molecule has 0 amide bonds. The third-order valence-electron chi connectivity index (χ3n) is 2.17. The number of aliphatic carboxylic acids is 1. The Hall–Kier alpha value is -1.27. The van der Waals surface area contributed by atoms with Crippen LogP contribution in [0.4, 0.5) is 4.39 Å². The van der Waals surface area contributed by atoms with E-state index in [2.05, 4.69) is 0 Å². The maximum atomic E-state index is 12.7. The van der Waals surface area contributed by atoms with Crippen molar-refractivity contribution in [3.05, 3.63) is 30.1 Å². The number of benzene rings is 1. The van der Waals surface area contributed by atoms with Gasteiger partial charge in [0, 0.05) is 0 Å². The van der Waals surface area contributed by atoms with E-state index in [1.807, 2.05) is 0 Å². The molecule has 94 valence electrons. The summed E-state index contributed by atoms with van der Waals surface area (Å²) in [6, 6.07) is 5.07. The van der Waals surface area contributed by atoms with Gasteiger partial charge >= 0.3 is 5.97 Å². The molecule has 0 spiro atoms. The van der Waals surface area contributed by atoms with Crippen LogP contribution in [-0.4, -0.2) is 28.0 Å². The van der Waals surface area contributed by atoms with Gasteiger partial charge in [-0.3, -0.25) is 4.79 Å². The molecule has 4 nitrogen and oxygen atoms in total. The maximum absolute atomic E-state index is 12.7. The van der Waals surface area contributed by atoms with Crippen molar-refractivity contribution in [3.63, 3.8) is 0 Å². The monoisotopic (exact) mass is 260 g/mol. The van der Waals surface area contributed by atoms with E-state index in [1.165, 1.54) is 28.6 Å². The van der Waals surface area contributed by atoms with Crippen LogP contribution in [0.5, 0.6) is 0 Å². The van der Waals surface area contributed by atoms with Gasteiger partial charge in [0.1, 0.15) is 12.4 Å². The fourth-order valence-corrected chi connectivity index (χ4v) is 2.68. The Morgan fingerprint density at radius 2 is 1.94 bits per heavy atom. The second-order valence-electron chi connectivity index (χ2n) is 3.83. The van der Waals surface area contributed by atoms with Gasteiger partial charge in [0.2, 0.25) is 0 Å². The first kappa shape index (κ1) is 13.8. The number of nitrogens with zero attached hydrogens (tertiary/aromatic N) is 1. The average molecular weight is 260 g/mol. The van der Waals surface area contributed by atoms with Gasteiger partial charge in [-0.1, -0.05) is 4.21 Å². The molecule has 0 heterocycles. The summed E-state index contributed by atoms with van der Waals surface area (Å²) in [5.41, 5.74) is 0. The van der Waals surface area contributed by atoms with Crippen molar-refractivity contribution in [2.75, 3.05) is 6.54 Å². The minimum atomic E-state index is -1.99. The molecular formula is C11H15FNO3S+. The molecule has 17 heavy (non-hydrogen) atoms. The van der Waals surface area contributed by atoms with Crippen molar-refractivity contribution in [2.45, 2.75) is 24.8 Å². The minimum absolute atomic E-state index is 0.167. The molecule has 0 aliphatic carbocycles. The molecule has 0 saturated heterocycles. The summed E-state index contributed by atoms with van der Waals surface area (Å²) in [5.74, 6) is -1.45. The molecule has 1 aromatic rings. The molecule has 0 radical (unpaired) electrons. The second-order valence-corrected chi connectivity index (χ2v) is 5.41. The van der Waals surface area contributed by atoms with Crippen LogP contribution in [-0.2, 0) is 20.0 Å². The first-order chi connectivity index (χ1) is 7.91. The number of carboxylic acids is 1. The number of halogens is 1. The Bertz CT molecular complexity index is 419. The zero-order valence-corrected chi connectivity index (χ0v) is 10.5. The van der Waals surface area contributed by atoms with E-state index in [0.717, 1.165) is 0 Å². The average Bonchev–Trinajstić information content (AvgIpc) is 2.25. The van der Waals surface area contributed by atoms with Crippen LogP contribution in [0, 0.1) is 5.82 Å². The Morgan fingerprint density at radius 3 is 2.35 bits per heavy atom. The summed E-state index contributed by atoms with van der Waals surface area (Å²) in [5, 5.41) is 8.74. The Labute approximate surface area is 102 Å². The van der Waals surface area contributed by atoms with Crippen LogP contribution >= 0.6 is 0 Å². The highest BCUT2D eigenvalue weighted by Crippen LogP contribution is 2.14. The number of thiol groups is 1. The minimum Gasteiger partial charge on any atom is -0.480 e. The highest BCUT2D eigenvalue weighted by molar-refractivity contribution is 7.82. The van der Waals surface area contributed by atoms with E-state index in [1.54, 1.807) is 13.8 Å². The van der Waals surface area contributed by atoms with E-state index >= 15 is 0 Å². The lowest BCUT2D eigenvalue weighted by molar-refractivity contribution is -0.137. The number of rotatable bonds is 5. The molecule has 0 aliphatic rings. The normalized spacial score (nSPS) is 13.0. The Morgan fingerprint density at radius 1 is 1.41 bits per heavy atom. The summed E-state index contributed by atoms with van der Waals surface area (Å²) in [4.78, 5) is 11.1. The van der Waals surface area contributed by atoms with Crippen molar-refractivity contribution >= 4 is 17.0 Å². The molecule has 1 aromatic carbocycles. The lowest BCUT2D eigenvalue weighted by Crippen LogP contribution is -2.36. The van der Waals surface area contributed by atoms with E-state index < -0.39 is 22.8 Å².